The van der Waals surface area contributed by atoms with E-state index >= 15 is 0 Å². The molecule has 0 bridgehead atoms. The van der Waals surface area contributed by atoms with Crippen LogP contribution in [-0.4, -0.2) is 28.1 Å². The topological polar surface area (TPSA) is 126 Å². The summed E-state index contributed by atoms with van der Waals surface area (Å²) < 4.78 is 28.9. The second-order valence-electron chi connectivity index (χ2n) is 9.76. The van der Waals surface area contributed by atoms with Gasteiger partial charge in [0.2, 0.25) is 15.7 Å². The lowest BCUT2D eigenvalue weighted by Crippen LogP contribution is -2.33. The fourth-order valence-electron chi connectivity index (χ4n) is 5.26. The lowest BCUT2D eigenvalue weighted by Gasteiger charge is -2.21. The molecule has 0 aliphatic heterocycles. The van der Waals surface area contributed by atoms with Gasteiger partial charge in [-0.05, 0) is 84.3 Å². The van der Waals surface area contributed by atoms with Gasteiger partial charge in [-0.2, -0.15) is 10.2 Å². The van der Waals surface area contributed by atoms with E-state index in [1.165, 1.54) is 16.7 Å². The van der Waals surface area contributed by atoms with Crippen molar-refractivity contribution in [3.05, 3.63) is 99.4 Å². The van der Waals surface area contributed by atoms with E-state index in [1.54, 1.807) is 36.7 Å². The van der Waals surface area contributed by atoms with Crippen LogP contribution >= 0.6 is 0 Å². The number of pyridine rings is 1. The molecule has 8 nitrogen and oxygen atoms in total. The average Bonchev–Trinajstić information content (AvgIpc) is 3.34. The molecule has 4 aromatic rings. The maximum atomic E-state index is 14.0. The molecule has 2 heterocycles. The van der Waals surface area contributed by atoms with Crippen molar-refractivity contribution >= 4 is 9.84 Å². The first-order valence-electron chi connectivity index (χ1n) is 12.9. The second-order valence-corrected chi connectivity index (χ2v) is 11.6. The van der Waals surface area contributed by atoms with Gasteiger partial charge in [0.15, 0.2) is 4.90 Å². The third kappa shape index (κ3) is 4.72. The highest BCUT2D eigenvalue weighted by molar-refractivity contribution is 7.91. The summed E-state index contributed by atoms with van der Waals surface area (Å²) in [6.07, 6.45) is 6.60. The van der Waals surface area contributed by atoms with Crippen LogP contribution in [0.2, 0.25) is 0 Å². The Bertz CT molecular complexity index is 1770. The Morgan fingerprint density at radius 1 is 1.15 bits per heavy atom. The highest BCUT2D eigenvalue weighted by Gasteiger charge is 2.34. The SMILES string of the molecule is CCCCc1nc(O)c(S(=O)(=O)c2ccc(-c3ccncc3C)cc2)c(=O)n1[C@@H]1CCc2ccc(C#N)cc21. The van der Waals surface area contributed by atoms with E-state index in [-0.39, 0.29) is 4.90 Å². The maximum absolute atomic E-state index is 14.0. The monoisotopic (exact) mass is 540 g/mol. The van der Waals surface area contributed by atoms with Gasteiger partial charge in [-0.25, -0.2) is 8.42 Å². The molecule has 0 unspecified atom stereocenters. The third-order valence-electron chi connectivity index (χ3n) is 7.28. The van der Waals surface area contributed by atoms with Crippen LogP contribution < -0.4 is 5.56 Å². The van der Waals surface area contributed by atoms with Crippen LogP contribution in [0.1, 0.15) is 60.3 Å². The van der Waals surface area contributed by atoms with Crippen molar-refractivity contribution in [3.8, 4) is 23.1 Å². The largest absolute Gasteiger partial charge is 0.492 e. The van der Waals surface area contributed by atoms with Crippen molar-refractivity contribution in [1.82, 2.24) is 14.5 Å². The van der Waals surface area contributed by atoms with Gasteiger partial charge in [-0.15, -0.1) is 0 Å². The van der Waals surface area contributed by atoms with Crippen LogP contribution in [0.15, 0.2) is 75.5 Å². The van der Waals surface area contributed by atoms with Crippen molar-refractivity contribution in [2.45, 2.75) is 61.8 Å². The van der Waals surface area contributed by atoms with E-state index < -0.39 is 32.2 Å². The molecule has 198 valence electrons. The number of unbranched alkanes of at least 4 members (excludes halogenated alkanes) is 1. The molecule has 0 saturated carbocycles. The molecule has 2 aromatic heterocycles. The first-order valence-corrected chi connectivity index (χ1v) is 14.4. The number of sulfone groups is 1. The number of benzene rings is 2. The molecule has 0 radical (unpaired) electrons. The summed E-state index contributed by atoms with van der Waals surface area (Å²) in [7, 11) is -4.40. The zero-order valence-corrected chi connectivity index (χ0v) is 22.6. The number of hydrogen-bond donors (Lipinski definition) is 1. The molecule has 1 aliphatic carbocycles. The minimum Gasteiger partial charge on any atom is -0.492 e. The zero-order chi connectivity index (χ0) is 27.7. The lowest BCUT2D eigenvalue weighted by molar-refractivity contribution is 0.408. The van der Waals surface area contributed by atoms with Crippen LogP contribution in [-0.2, 0) is 22.7 Å². The zero-order valence-electron chi connectivity index (χ0n) is 21.8. The summed E-state index contributed by atoms with van der Waals surface area (Å²) in [5.74, 6) is -0.456. The number of nitriles is 1. The number of fused-ring (bicyclic) bond motifs is 1. The predicted molar refractivity (Wildman–Crippen MR) is 146 cm³/mol. The highest BCUT2D eigenvalue weighted by atomic mass is 32.2. The Morgan fingerprint density at radius 3 is 2.62 bits per heavy atom. The molecule has 0 spiro atoms. The molecule has 9 heteroatoms. The molecule has 5 rings (SSSR count). The molecule has 2 aromatic carbocycles. The van der Waals surface area contributed by atoms with Crippen LogP contribution in [0.25, 0.3) is 11.1 Å². The Kier molecular flexibility index (Phi) is 7.06. The predicted octanol–water partition coefficient (Wildman–Crippen LogP) is 4.90. The van der Waals surface area contributed by atoms with E-state index in [2.05, 4.69) is 16.0 Å². The van der Waals surface area contributed by atoms with Crippen LogP contribution in [0, 0.1) is 18.3 Å². The van der Waals surface area contributed by atoms with Crippen molar-refractivity contribution in [2.75, 3.05) is 0 Å². The fraction of sp³-hybridized carbons (Fsp3) is 0.267. The van der Waals surface area contributed by atoms with Crippen LogP contribution in [0.4, 0.5) is 0 Å². The number of aromatic hydroxyl groups is 1. The number of rotatable bonds is 7. The quantitative estimate of drug-likeness (QED) is 0.353. The number of aromatic nitrogens is 3. The number of hydrogen-bond acceptors (Lipinski definition) is 7. The summed E-state index contributed by atoms with van der Waals surface area (Å²) >= 11 is 0. The summed E-state index contributed by atoms with van der Waals surface area (Å²) in [5, 5.41) is 20.3. The standard InChI is InChI=1S/C30H28N4O4S/c1-3-4-5-27-33-29(35)28(30(36)34(27)26-13-10-22-7-6-20(17-31)16-25(22)26)39(37,38)23-11-8-21(9-12-23)24-14-15-32-18-19(24)2/h6-9,11-12,14-16,18,26,35H,3-5,10,13H2,1-2H3/t26-/m1/s1. The van der Waals surface area contributed by atoms with Crippen molar-refractivity contribution in [2.24, 2.45) is 0 Å². The molecule has 1 N–H and O–H groups in total. The summed E-state index contributed by atoms with van der Waals surface area (Å²) in [6.45, 7) is 3.92. The van der Waals surface area contributed by atoms with Gasteiger partial charge < -0.3 is 5.11 Å². The molecular weight excluding hydrogens is 512 g/mol. The van der Waals surface area contributed by atoms with Gasteiger partial charge in [0.05, 0.1) is 22.6 Å². The summed E-state index contributed by atoms with van der Waals surface area (Å²) in [4.78, 5) is 21.5. The highest BCUT2D eigenvalue weighted by Crippen LogP contribution is 2.36. The van der Waals surface area contributed by atoms with Gasteiger partial charge in [-0.1, -0.05) is 31.5 Å². The molecule has 1 aliphatic rings. The summed E-state index contributed by atoms with van der Waals surface area (Å²) in [5.41, 5.74) is 4.14. The number of aryl methyl sites for hydroxylation is 3. The Labute approximate surface area is 227 Å². The normalized spacial score (nSPS) is 14.6. The third-order valence-corrected chi connectivity index (χ3v) is 9.07. The molecule has 0 fully saturated rings. The molecule has 1 atom stereocenters. The van der Waals surface area contributed by atoms with Gasteiger partial charge >= 0.3 is 0 Å². The van der Waals surface area contributed by atoms with Crippen molar-refractivity contribution in [3.63, 3.8) is 0 Å². The van der Waals surface area contributed by atoms with Gasteiger partial charge in [-0.3, -0.25) is 14.3 Å². The van der Waals surface area contributed by atoms with Crippen molar-refractivity contribution < 1.29 is 13.5 Å². The minimum absolute atomic E-state index is 0.112. The van der Waals surface area contributed by atoms with E-state index in [1.807, 2.05) is 26.0 Å². The fourth-order valence-corrected chi connectivity index (χ4v) is 6.61. The second kappa shape index (κ2) is 10.5. The van der Waals surface area contributed by atoms with E-state index in [9.17, 15) is 23.6 Å². The lowest BCUT2D eigenvalue weighted by atomic mass is 10.0. The number of nitrogens with zero attached hydrogens (tertiary/aromatic N) is 4. The molecule has 39 heavy (non-hydrogen) atoms. The maximum Gasteiger partial charge on any atom is 0.277 e. The van der Waals surface area contributed by atoms with Gasteiger partial charge in [0.1, 0.15) is 5.82 Å². The Morgan fingerprint density at radius 2 is 1.92 bits per heavy atom. The molecule has 0 saturated heterocycles. The van der Waals surface area contributed by atoms with Crippen LogP contribution in [0.5, 0.6) is 5.88 Å². The Hall–Kier alpha value is -4.29. The first kappa shape index (κ1) is 26.3. The Balaban J connectivity index is 1.64. The van der Waals surface area contributed by atoms with E-state index in [0.29, 0.717) is 37.1 Å². The molecular formula is C30H28N4O4S. The smallest absolute Gasteiger partial charge is 0.277 e. The van der Waals surface area contributed by atoms with Crippen molar-refractivity contribution in [1.29, 1.82) is 5.26 Å². The summed E-state index contributed by atoms with van der Waals surface area (Å²) in [6, 6.07) is 15.1. The van der Waals surface area contributed by atoms with Crippen LogP contribution in [0.3, 0.4) is 0 Å². The van der Waals surface area contributed by atoms with E-state index in [0.717, 1.165) is 34.2 Å². The van der Waals surface area contributed by atoms with Gasteiger partial charge in [0.25, 0.3) is 5.56 Å². The van der Waals surface area contributed by atoms with Gasteiger partial charge in [0, 0.05) is 18.8 Å². The minimum atomic E-state index is -4.40. The molecule has 0 amide bonds. The van der Waals surface area contributed by atoms with E-state index in [4.69, 9.17) is 0 Å². The first-order chi connectivity index (χ1) is 18.8. The average molecular weight is 541 g/mol.